The van der Waals surface area contributed by atoms with Crippen LogP contribution in [0.15, 0.2) is 66.9 Å². The molecule has 144 valence electrons. The number of halogens is 1. The van der Waals surface area contributed by atoms with Gasteiger partial charge < -0.3 is 15.4 Å². The maximum Gasteiger partial charge on any atom is 0.251 e. The van der Waals surface area contributed by atoms with Gasteiger partial charge in [0.1, 0.15) is 11.6 Å². The molecule has 28 heavy (non-hydrogen) atoms. The first-order valence-electron chi connectivity index (χ1n) is 9.02. The largest absolute Gasteiger partial charge is 0.491 e. The molecule has 0 saturated carbocycles. The fourth-order valence-electron chi connectivity index (χ4n) is 2.60. The molecule has 3 aromatic rings. The molecule has 3 rings (SSSR count). The molecule has 0 spiro atoms. The molecule has 0 bridgehead atoms. The summed E-state index contributed by atoms with van der Waals surface area (Å²) in [4.78, 5) is 16.7. The van der Waals surface area contributed by atoms with Crippen molar-refractivity contribution in [3.8, 4) is 5.75 Å². The number of ether oxygens (including phenoxy) is 1. The quantitative estimate of drug-likeness (QED) is 0.577. The number of benzene rings is 2. The van der Waals surface area contributed by atoms with E-state index in [-0.39, 0.29) is 12.0 Å². The molecule has 2 N–H and O–H groups in total. The summed E-state index contributed by atoms with van der Waals surface area (Å²) in [5.74, 6) is 1.20. The third-order valence-corrected chi connectivity index (χ3v) is 4.29. The number of carbonyl (C=O) groups is 1. The van der Waals surface area contributed by atoms with Crippen LogP contribution >= 0.6 is 11.6 Å². The molecule has 2 aromatic carbocycles. The van der Waals surface area contributed by atoms with Gasteiger partial charge in [0.15, 0.2) is 0 Å². The van der Waals surface area contributed by atoms with Crippen molar-refractivity contribution in [1.29, 1.82) is 0 Å². The third kappa shape index (κ3) is 5.47. The van der Waals surface area contributed by atoms with Crippen LogP contribution in [0.1, 0.15) is 29.8 Å². The van der Waals surface area contributed by atoms with E-state index in [0.717, 1.165) is 17.0 Å². The highest BCUT2D eigenvalue weighted by Crippen LogP contribution is 2.20. The van der Waals surface area contributed by atoms with Crippen LogP contribution in [0, 0.1) is 0 Å². The van der Waals surface area contributed by atoms with Crippen LogP contribution in [0.25, 0.3) is 0 Å². The van der Waals surface area contributed by atoms with Crippen LogP contribution in [-0.2, 0) is 6.54 Å². The number of amides is 1. The maximum absolute atomic E-state index is 12.5. The Morgan fingerprint density at radius 2 is 1.86 bits per heavy atom. The molecule has 0 fully saturated rings. The van der Waals surface area contributed by atoms with E-state index in [2.05, 4.69) is 15.6 Å². The molecule has 0 atom stereocenters. The number of hydrogen-bond donors (Lipinski definition) is 2. The fourth-order valence-corrected chi connectivity index (χ4v) is 2.80. The Hall–Kier alpha value is -3.05. The van der Waals surface area contributed by atoms with Crippen LogP contribution in [0.2, 0.25) is 5.02 Å². The lowest BCUT2D eigenvalue weighted by Crippen LogP contribution is -2.23. The molecule has 1 amide bonds. The van der Waals surface area contributed by atoms with Gasteiger partial charge in [-0.25, -0.2) is 4.98 Å². The minimum atomic E-state index is -0.189. The topological polar surface area (TPSA) is 63.2 Å². The normalized spacial score (nSPS) is 10.6. The van der Waals surface area contributed by atoms with Gasteiger partial charge in [-0.1, -0.05) is 29.8 Å². The number of pyridine rings is 1. The second-order valence-corrected chi connectivity index (χ2v) is 6.93. The van der Waals surface area contributed by atoms with E-state index in [1.165, 1.54) is 0 Å². The fraction of sp³-hybridized carbons (Fsp3) is 0.182. The third-order valence-electron chi connectivity index (χ3n) is 3.92. The SMILES string of the molecule is CC(C)Oc1ccc(Nc2cc(C(=O)NCc3ccccc3Cl)ccn2)cc1. The highest BCUT2D eigenvalue weighted by Gasteiger charge is 2.08. The predicted octanol–water partition coefficient (Wildman–Crippen LogP) is 5.20. The molecule has 5 nitrogen and oxygen atoms in total. The maximum atomic E-state index is 12.5. The summed E-state index contributed by atoms with van der Waals surface area (Å²) in [5.41, 5.74) is 2.25. The van der Waals surface area contributed by atoms with Crippen LogP contribution in [0.3, 0.4) is 0 Å². The molecule has 0 radical (unpaired) electrons. The number of carbonyl (C=O) groups excluding carboxylic acids is 1. The highest BCUT2D eigenvalue weighted by molar-refractivity contribution is 6.31. The van der Waals surface area contributed by atoms with Crippen molar-refractivity contribution in [2.24, 2.45) is 0 Å². The Bertz CT molecular complexity index is 943. The lowest BCUT2D eigenvalue weighted by atomic mass is 10.2. The van der Waals surface area contributed by atoms with Gasteiger partial charge in [0.05, 0.1) is 6.10 Å². The van der Waals surface area contributed by atoms with Gasteiger partial charge in [-0.05, 0) is 61.9 Å². The molecule has 0 aliphatic rings. The van der Waals surface area contributed by atoms with Crippen molar-refractivity contribution in [3.05, 3.63) is 83.0 Å². The van der Waals surface area contributed by atoms with E-state index in [1.807, 2.05) is 56.3 Å². The van der Waals surface area contributed by atoms with Crippen molar-refractivity contribution in [1.82, 2.24) is 10.3 Å². The number of nitrogens with zero attached hydrogens (tertiary/aromatic N) is 1. The standard InChI is InChI=1S/C22H22ClN3O2/c1-15(2)28-19-9-7-18(8-10-19)26-21-13-16(11-12-24-21)22(27)25-14-17-5-3-4-6-20(17)23/h3-13,15H,14H2,1-2H3,(H,24,26)(H,25,27). The minimum absolute atomic E-state index is 0.126. The van der Waals surface area contributed by atoms with Crippen molar-refractivity contribution in [2.45, 2.75) is 26.5 Å². The van der Waals surface area contributed by atoms with E-state index < -0.39 is 0 Å². The average molecular weight is 396 g/mol. The zero-order valence-electron chi connectivity index (χ0n) is 15.8. The van der Waals surface area contributed by atoms with Gasteiger partial charge in [0.25, 0.3) is 5.91 Å². The summed E-state index contributed by atoms with van der Waals surface area (Å²) in [6, 6.07) is 18.4. The van der Waals surface area contributed by atoms with E-state index in [0.29, 0.717) is 22.9 Å². The summed E-state index contributed by atoms with van der Waals surface area (Å²) in [6.45, 7) is 4.33. The Morgan fingerprint density at radius 3 is 2.57 bits per heavy atom. The highest BCUT2D eigenvalue weighted by atomic mass is 35.5. The number of rotatable bonds is 7. The molecule has 0 aliphatic carbocycles. The van der Waals surface area contributed by atoms with Crippen molar-refractivity contribution >= 4 is 29.0 Å². The monoisotopic (exact) mass is 395 g/mol. The Morgan fingerprint density at radius 1 is 1.11 bits per heavy atom. The number of hydrogen-bond acceptors (Lipinski definition) is 4. The lowest BCUT2D eigenvalue weighted by molar-refractivity contribution is 0.0951. The van der Waals surface area contributed by atoms with Crippen LogP contribution in [-0.4, -0.2) is 17.0 Å². The van der Waals surface area contributed by atoms with Crippen molar-refractivity contribution in [3.63, 3.8) is 0 Å². The van der Waals surface area contributed by atoms with Gasteiger partial charge in [-0.15, -0.1) is 0 Å². The summed E-state index contributed by atoms with van der Waals surface area (Å²) >= 11 is 6.13. The molecule has 1 heterocycles. The summed E-state index contributed by atoms with van der Waals surface area (Å²) in [6.07, 6.45) is 1.73. The minimum Gasteiger partial charge on any atom is -0.491 e. The summed E-state index contributed by atoms with van der Waals surface area (Å²) in [7, 11) is 0. The zero-order chi connectivity index (χ0) is 19.9. The second-order valence-electron chi connectivity index (χ2n) is 6.52. The molecule has 1 aromatic heterocycles. The van der Waals surface area contributed by atoms with Gasteiger partial charge in [-0.3, -0.25) is 4.79 Å². The number of anilines is 2. The van der Waals surface area contributed by atoms with Gasteiger partial charge in [0.2, 0.25) is 0 Å². The van der Waals surface area contributed by atoms with Crippen LogP contribution in [0.4, 0.5) is 11.5 Å². The number of nitrogens with one attached hydrogen (secondary N) is 2. The van der Waals surface area contributed by atoms with E-state index in [1.54, 1.807) is 24.4 Å². The first kappa shape index (κ1) is 19.7. The van der Waals surface area contributed by atoms with Crippen LogP contribution < -0.4 is 15.4 Å². The Balaban J connectivity index is 1.63. The molecule has 0 aliphatic heterocycles. The molecule has 6 heteroatoms. The van der Waals surface area contributed by atoms with E-state index in [4.69, 9.17) is 16.3 Å². The Labute approximate surface area is 169 Å². The van der Waals surface area contributed by atoms with Gasteiger partial charge >= 0.3 is 0 Å². The first-order valence-corrected chi connectivity index (χ1v) is 9.40. The van der Waals surface area contributed by atoms with Crippen molar-refractivity contribution in [2.75, 3.05) is 5.32 Å². The Kier molecular flexibility index (Phi) is 6.50. The van der Waals surface area contributed by atoms with Gasteiger partial charge in [-0.2, -0.15) is 0 Å². The van der Waals surface area contributed by atoms with Gasteiger partial charge in [0, 0.05) is 29.0 Å². The predicted molar refractivity (Wildman–Crippen MR) is 112 cm³/mol. The molecular formula is C22H22ClN3O2. The van der Waals surface area contributed by atoms with Crippen LogP contribution in [0.5, 0.6) is 5.75 Å². The molecule has 0 saturated heterocycles. The number of aromatic nitrogens is 1. The molecular weight excluding hydrogens is 374 g/mol. The lowest BCUT2D eigenvalue weighted by Gasteiger charge is -2.11. The molecule has 0 unspecified atom stereocenters. The first-order chi connectivity index (χ1) is 13.5. The van der Waals surface area contributed by atoms with Crippen molar-refractivity contribution < 1.29 is 9.53 Å². The van der Waals surface area contributed by atoms with E-state index >= 15 is 0 Å². The van der Waals surface area contributed by atoms with E-state index in [9.17, 15) is 4.79 Å². The average Bonchev–Trinajstić information content (AvgIpc) is 2.68. The second kappa shape index (κ2) is 9.24. The smallest absolute Gasteiger partial charge is 0.251 e. The summed E-state index contributed by atoms with van der Waals surface area (Å²) in [5, 5.41) is 6.70. The summed E-state index contributed by atoms with van der Waals surface area (Å²) < 4.78 is 5.64. The zero-order valence-corrected chi connectivity index (χ0v) is 16.5.